The van der Waals surface area contributed by atoms with Gasteiger partial charge < -0.3 is 4.90 Å². The average Bonchev–Trinajstić information content (AvgIpc) is 2.86. The summed E-state index contributed by atoms with van der Waals surface area (Å²) >= 11 is 0. The van der Waals surface area contributed by atoms with E-state index in [0.29, 0.717) is 11.7 Å². The van der Waals surface area contributed by atoms with Gasteiger partial charge in [-0.25, -0.2) is 0 Å². The van der Waals surface area contributed by atoms with Crippen molar-refractivity contribution in [3.05, 3.63) is 29.6 Å². The molecule has 0 bridgehead atoms. The SMILES string of the molecule is CCN(CC)C(=O)c1cc([C@@H]2CCCN2C)ccn1. The van der Waals surface area contributed by atoms with Crippen LogP contribution in [0.5, 0.6) is 0 Å². The van der Waals surface area contributed by atoms with E-state index in [0.717, 1.165) is 19.6 Å². The van der Waals surface area contributed by atoms with Crippen molar-refractivity contribution < 1.29 is 4.79 Å². The second kappa shape index (κ2) is 6.15. The van der Waals surface area contributed by atoms with E-state index in [1.807, 2.05) is 30.9 Å². The molecule has 1 aliphatic heterocycles. The van der Waals surface area contributed by atoms with Crippen LogP contribution in [-0.2, 0) is 0 Å². The highest BCUT2D eigenvalue weighted by Crippen LogP contribution is 2.30. The molecule has 0 aliphatic carbocycles. The molecular weight excluding hydrogens is 238 g/mol. The number of hydrogen-bond acceptors (Lipinski definition) is 3. The van der Waals surface area contributed by atoms with E-state index in [2.05, 4.69) is 16.9 Å². The zero-order valence-electron chi connectivity index (χ0n) is 12.1. The molecule has 0 saturated carbocycles. The van der Waals surface area contributed by atoms with Crippen LogP contribution in [0, 0.1) is 0 Å². The predicted molar refractivity (Wildman–Crippen MR) is 76.1 cm³/mol. The number of likely N-dealkylation sites (tertiary alicyclic amines) is 1. The third-order valence-electron chi connectivity index (χ3n) is 3.96. The average molecular weight is 261 g/mol. The van der Waals surface area contributed by atoms with Crippen molar-refractivity contribution in [3.63, 3.8) is 0 Å². The Bertz CT molecular complexity index is 443. The van der Waals surface area contributed by atoms with Gasteiger partial charge in [0.15, 0.2) is 0 Å². The van der Waals surface area contributed by atoms with E-state index in [1.54, 1.807) is 6.20 Å². The first-order valence-corrected chi connectivity index (χ1v) is 7.12. The summed E-state index contributed by atoms with van der Waals surface area (Å²) in [6.45, 7) is 6.58. The number of nitrogens with zero attached hydrogens (tertiary/aromatic N) is 3. The molecule has 0 aromatic carbocycles. The zero-order chi connectivity index (χ0) is 13.8. The summed E-state index contributed by atoms with van der Waals surface area (Å²) in [4.78, 5) is 20.7. The van der Waals surface area contributed by atoms with Crippen molar-refractivity contribution in [2.45, 2.75) is 32.7 Å². The Labute approximate surface area is 115 Å². The van der Waals surface area contributed by atoms with E-state index < -0.39 is 0 Å². The van der Waals surface area contributed by atoms with Gasteiger partial charge in [-0.3, -0.25) is 14.7 Å². The summed E-state index contributed by atoms with van der Waals surface area (Å²) in [5.74, 6) is 0.0347. The monoisotopic (exact) mass is 261 g/mol. The lowest BCUT2D eigenvalue weighted by Gasteiger charge is -2.21. The highest BCUT2D eigenvalue weighted by atomic mass is 16.2. The maximum Gasteiger partial charge on any atom is 0.272 e. The molecule has 2 heterocycles. The molecule has 1 aliphatic rings. The second-order valence-corrected chi connectivity index (χ2v) is 5.09. The summed E-state index contributed by atoms with van der Waals surface area (Å²) in [5.41, 5.74) is 1.78. The number of rotatable bonds is 4. The van der Waals surface area contributed by atoms with Gasteiger partial charge in [-0.2, -0.15) is 0 Å². The van der Waals surface area contributed by atoms with Crippen LogP contribution in [0.1, 0.15) is 48.8 Å². The van der Waals surface area contributed by atoms with Crippen molar-refractivity contribution in [2.75, 3.05) is 26.7 Å². The Morgan fingerprint density at radius 2 is 2.21 bits per heavy atom. The van der Waals surface area contributed by atoms with Crippen LogP contribution in [-0.4, -0.2) is 47.4 Å². The zero-order valence-corrected chi connectivity index (χ0v) is 12.1. The van der Waals surface area contributed by atoms with Gasteiger partial charge in [0, 0.05) is 25.3 Å². The number of aromatic nitrogens is 1. The number of hydrogen-bond donors (Lipinski definition) is 0. The molecule has 0 N–H and O–H groups in total. The molecule has 4 heteroatoms. The maximum absolute atomic E-state index is 12.3. The van der Waals surface area contributed by atoms with Crippen molar-refractivity contribution in [3.8, 4) is 0 Å². The van der Waals surface area contributed by atoms with Gasteiger partial charge in [-0.05, 0) is 58.0 Å². The molecular formula is C15H23N3O. The molecule has 1 aromatic heterocycles. The molecule has 1 saturated heterocycles. The Morgan fingerprint density at radius 3 is 2.79 bits per heavy atom. The second-order valence-electron chi connectivity index (χ2n) is 5.09. The Kier molecular flexibility index (Phi) is 4.53. The molecule has 0 spiro atoms. The van der Waals surface area contributed by atoms with Crippen molar-refractivity contribution in [2.24, 2.45) is 0 Å². The summed E-state index contributed by atoms with van der Waals surface area (Å²) < 4.78 is 0. The predicted octanol–water partition coefficient (Wildman–Crippen LogP) is 2.33. The van der Waals surface area contributed by atoms with E-state index in [1.165, 1.54) is 18.4 Å². The van der Waals surface area contributed by atoms with Gasteiger partial charge >= 0.3 is 0 Å². The van der Waals surface area contributed by atoms with E-state index in [4.69, 9.17) is 0 Å². The minimum atomic E-state index is 0.0347. The Balaban J connectivity index is 2.21. The van der Waals surface area contributed by atoms with Crippen LogP contribution in [0.3, 0.4) is 0 Å². The van der Waals surface area contributed by atoms with E-state index in [9.17, 15) is 4.79 Å². The summed E-state index contributed by atoms with van der Waals surface area (Å²) in [6.07, 6.45) is 4.15. The first kappa shape index (κ1) is 14.0. The molecule has 2 rings (SSSR count). The van der Waals surface area contributed by atoms with Crippen LogP contribution in [0.15, 0.2) is 18.3 Å². The lowest BCUT2D eigenvalue weighted by atomic mass is 10.0. The smallest absolute Gasteiger partial charge is 0.272 e. The van der Waals surface area contributed by atoms with Gasteiger partial charge in [0.2, 0.25) is 0 Å². The summed E-state index contributed by atoms with van der Waals surface area (Å²) in [6, 6.07) is 4.43. The fourth-order valence-corrected chi connectivity index (χ4v) is 2.78. The Morgan fingerprint density at radius 1 is 1.47 bits per heavy atom. The van der Waals surface area contributed by atoms with Crippen molar-refractivity contribution >= 4 is 5.91 Å². The summed E-state index contributed by atoms with van der Waals surface area (Å²) in [5, 5.41) is 0. The summed E-state index contributed by atoms with van der Waals surface area (Å²) in [7, 11) is 2.14. The van der Waals surface area contributed by atoms with Crippen LogP contribution < -0.4 is 0 Å². The largest absolute Gasteiger partial charge is 0.338 e. The molecule has 1 aromatic rings. The Hall–Kier alpha value is -1.42. The van der Waals surface area contributed by atoms with Gasteiger partial charge in [-0.15, -0.1) is 0 Å². The number of carbonyl (C=O) groups is 1. The van der Waals surface area contributed by atoms with Crippen molar-refractivity contribution in [1.82, 2.24) is 14.8 Å². The highest BCUT2D eigenvalue weighted by molar-refractivity contribution is 5.92. The van der Waals surface area contributed by atoms with Gasteiger partial charge in [0.05, 0.1) is 0 Å². The van der Waals surface area contributed by atoms with Gasteiger partial charge in [-0.1, -0.05) is 0 Å². The maximum atomic E-state index is 12.3. The lowest BCUT2D eigenvalue weighted by Crippen LogP contribution is -2.31. The van der Waals surface area contributed by atoms with Crippen molar-refractivity contribution in [1.29, 1.82) is 0 Å². The molecule has 1 fully saturated rings. The quantitative estimate of drug-likeness (QED) is 0.834. The highest BCUT2D eigenvalue weighted by Gasteiger charge is 2.24. The fraction of sp³-hybridized carbons (Fsp3) is 0.600. The van der Waals surface area contributed by atoms with E-state index >= 15 is 0 Å². The normalized spacial score (nSPS) is 19.6. The third-order valence-corrected chi connectivity index (χ3v) is 3.96. The molecule has 0 unspecified atom stereocenters. The van der Waals surface area contributed by atoms with Gasteiger partial charge in [0.1, 0.15) is 5.69 Å². The standard InChI is InChI=1S/C15H23N3O/c1-4-18(5-2)15(19)13-11-12(8-9-16-13)14-7-6-10-17(14)3/h8-9,11,14H,4-7,10H2,1-3H3/t14-/m0/s1. The van der Waals surface area contributed by atoms with E-state index in [-0.39, 0.29) is 5.91 Å². The number of pyridine rings is 1. The minimum Gasteiger partial charge on any atom is -0.338 e. The van der Waals surface area contributed by atoms with Crippen LogP contribution in [0.4, 0.5) is 0 Å². The van der Waals surface area contributed by atoms with Crippen LogP contribution in [0.2, 0.25) is 0 Å². The first-order chi connectivity index (χ1) is 9.17. The fourth-order valence-electron chi connectivity index (χ4n) is 2.78. The minimum absolute atomic E-state index is 0.0347. The molecule has 0 radical (unpaired) electrons. The first-order valence-electron chi connectivity index (χ1n) is 7.12. The van der Waals surface area contributed by atoms with Gasteiger partial charge in [0.25, 0.3) is 5.91 Å². The third kappa shape index (κ3) is 2.95. The molecule has 104 valence electrons. The van der Waals surface area contributed by atoms with Crippen LogP contribution >= 0.6 is 0 Å². The molecule has 19 heavy (non-hydrogen) atoms. The number of carbonyl (C=O) groups excluding carboxylic acids is 1. The lowest BCUT2D eigenvalue weighted by molar-refractivity contribution is 0.0767. The molecule has 4 nitrogen and oxygen atoms in total. The number of amides is 1. The topological polar surface area (TPSA) is 36.4 Å². The molecule has 1 amide bonds. The van der Waals surface area contributed by atoms with Crippen LogP contribution in [0.25, 0.3) is 0 Å². The molecule has 1 atom stereocenters.